The van der Waals surface area contributed by atoms with Crippen molar-refractivity contribution in [3.8, 4) is 0 Å². The van der Waals surface area contributed by atoms with Crippen LogP contribution in [0.25, 0.3) is 0 Å². The number of piperidine rings is 1. The smallest absolute Gasteiger partial charge is 0.227 e. The van der Waals surface area contributed by atoms with Gasteiger partial charge >= 0.3 is 0 Å². The minimum absolute atomic E-state index is 0.227. The molecule has 8 heteroatoms. The summed E-state index contributed by atoms with van der Waals surface area (Å²) in [6.45, 7) is 7.13. The summed E-state index contributed by atoms with van der Waals surface area (Å²) in [5, 5.41) is 15.1. The topological polar surface area (TPSA) is 88.1 Å². The quantitative estimate of drug-likeness (QED) is 0.769. The third-order valence-electron chi connectivity index (χ3n) is 5.70. The number of aromatic nitrogens is 4. The Balaban J connectivity index is 1.34. The average molecular weight is 398 g/mol. The Labute approximate surface area is 172 Å². The first-order valence-electron chi connectivity index (χ1n) is 10.7. The summed E-state index contributed by atoms with van der Waals surface area (Å²) < 4.78 is 6.00. The molecule has 2 fully saturated rings. The maximum Gasteiger partial charge on any atom is 0.227 e. The minimum Gasteiger partial charge on any atom is -0.376 e. The van der Waals surface area contributed by atoms with E-state index in [0.717, 1.165) is 63.0 Å². The zero-order valence-corrected chi connectivity index (χ0v) is 17.3. The van der Waals surface area contributed by atoms with Crippen LogP contribution in [0.4, 0.5) is 17.6 Å². The van der Waals surface area contributed by atoms with Crippen LogP contribution in [0.3, 0.4) is 0 Å². The zero-order valence-electron chi connectivity index (χ0n) is 17.3. The van der Waals surface area contributed by atoms with E-state index in [1.807, 2.05) is 24.4 Å². The van der Waals surface area contributed by atoms with Crippen molar-refractivity contribution in [3.05, 3.63) is 30.6 Å². The van der Waals surface area contributed by atoms with Crippen molar-refractivity contribution in [2.75, 3.05) is 35.2 Å². The van der Waals surface area contributed by atoms with Crippen LogP contribution in [0, 0.1) is 5.92 Å². The van der Waals surface area contributed by atoms with Crippen molar-refractivity contribution in [1.82, 2.24) is 20.2 Å². The van der Waals surface area contributed by atoms with E-state index in [-0.39, 0.29) is 6.10 Å². The number of nitrogens with zero attached hydrogens (tertiary/aromatic N) is 5. The van der Waals surface area contributed by atoms with Gasteiger partial charge in [0.2, 0.25) is 5.95 Å². The molecule has 2 aliphatic rings. The molecule has 2 N–H and O–H groups in total. The summed E-state index contributed by atoms with van der Waals surface area (Å²) in [6, 6.07) is 6.51. The molecule has 2 saturated heterocycles. The SMILES string of the molecule is CC(C)[C@H]1OCCC[C@@H]1Nc1ccnc(N2CCC(Nc3cccnn3)CC2)n1. The Morgan fingerprint density at radius 2 is 1.93 bits per heavy atom. The van der Waals surface area contributed by atoms with E-state index in [0.29, 0.717) is 18.0 Å². The lowest BCUT2D eigenvalue weighted by molar-refractivity contribution is -0.0203. The van der Waals surface area contributed by atoms with Crippen LogP contribution in [-0.2, 0) is 4.74 Å². The van der Waals surface area contributed by atoms with E-state index in [9.17, 15) is 0 Å². The second-order valence-electron chi connectivity index (χ2n) is 8.23. The zero-order chi connectivity index (χ0) is 20.1. The number of rotatable bonds is 6. The Morgan fingerprint density at radius 3 is 2.69 bits per heavy atom. The fourth-order valence-electron chi connectivity index (χ4n) is 4.20. The standard InChI is InChI=1S/C21H31N7O/c1-15(2)20-17(5-4-14-29-20)25-18-7-11-22-21(26-18)28-12-8-16(9-13-28)24-19-6-3-10-23-27-19/h3,6-7,10-11,15-17,20H,4-5,8-9,12-14H2,1-2H3,(H,24,27)(H,22,25,26)/t17-,20+/m0/s1. The van der Waals surface area contributed by atoms with Crippen molar-refractivity contribution in [2.45, 2.75) is 57.7 Å². The molecule has 0 bridgehead atoms. The van der Waals surface area contributed by atoms with Crippen molar-refractivity contribution in [3.63, 3.8) is 0 Å². The van der Waals surface area contributed by atoms with Crippen LogP contribution in [0.2, 0.25) is 0 Å². The fraction of sp³-hybridized carbons (Fsp3) is 0.619. The molecule has 0 saturated carbocycles. The van der Waals surface area contributed by atoms with Gasteiger partial charge in [0.25, 0.3) is 0 Å². The molecule has 0 aliphatic carbocycles. The first-order valence-corrected chi connectivity index (χ1v) is 10.7. The summed E-state index contributed by atoms with van der Waals surface area (Å²) >= 11 is 0. The van der Waals surface area contributed by atoms with Crippen molar-refractivity contribution < 1.29 is 4.74 Å². The van der Waals surface area contributed by atoms with E-state index in [4.69, 9.17) is 9.72 Å². The van der Waals surface area contributed by atoms with Crippen LogP contribution in [-0.4, -0.2) is 58.0 Å². The lowest BCUT2D eigenvalue weighted by atomic mass is 9.94. The van der Waals surface area contributed by atoms with E-state index in [1.54, 1.807) is 6.20 Å². The largest absolute Gasteiger partial charge is 0.376 e. The van der Waals surface area contributed by atoms with Crippen LogP contribution in [0.5, 0.6) is 0 Å². The van der Waals surface area contributed by atoms with Gasteiger partial charge in [-0.15, -0.1) is 5.10 Å². The Bertz CT molecular complexity index is 765. The molecule has 2 atom stereocenters. The van der Waals surface area contributed by atoms with Crippen molar-refractivity contribution in [1.29, 1.82) is 0 Å². The van der Waals surface area contributed by atoms with E-state index < -0.39 is 0 Å². The highest BCUT2D eigenvalue weighted by molar-refractivity contribution is 5.43. The van der Waals surface area contributed by atoms with Gasteiger partial charge in [0.05, 0.1) is 12.1 Å². The molecule has 0 spiro atoms. The highest BCUT2D eigenvalue weighted by Gasteiger charge is 2.29. The molecular formula is C21H31N7O. The Morgan fingerprint density at radius 1 is 1.07 bits per heavy atom. The maximum absolute atomic E-state index is 6.00. The van der Waals surface area contributed by atoms with Gasteiger partial charge in [-0.1, -0.05) is 13.8 Å². The molecule has 29 heavy (non-hydrogen) atoms. The number of anilines is 3. The fourth-order valence-corrected chi connectivity index (χ4v) is 4.20. The van der Waals surface area contributed by atoms with Crippen LogP contribution < -0.4 is 15.5 Å². The lowest BCUT2D eigenvalue weighted by Crippen LogP contribution is -2.43. The second kappa shape index (κ2) is 9.35. The molecule has 8 nitrogen and oxygen atoms in total. The van der Waals surface area contributed by atoms with E-state index in [2.05, 4.69) is 44.6 Å². The maximum atomic E-state index is 6.00. The van der Waals surface area contributed by atoms with Gasteiger partial charge in [0, 0.05) is 38.1 Å². The molecule has 0 unspecified atom stereocenters. The summed E-state index contributed by atoms with van der Waals surface area (Å²) in [5.74, 6) is 3.00. The number of hydrogen-bond acceptors (Lipinski definition) is 8. The lowest BCUT2D eigenvalue weighted by Gasteiger charge is -2.35. The summed E-state index contributed by atoms with van der Waals surface area (Å²) in [4.78, 5) is 11.6. The van der Waals surface area contributed by atoms with Crippen LogP contribution in [0.1, 0.15) is 39.5 Å². The van der Waals surface area contributed by atoms with Gasteiger partial charge in [0.1, 0.15) is 11.6 Å². The predicted octanol–water partition coefficient (Wildman–Crippen LogP) is 2.96. The van der Waals surface area contributed by atoms with E-state index in [1.165, 1.54) is 0 Å². The van der Waals surface area contributed by atoms with Gasteiger partial charge in [-0.05, 0) is 49.8 Å². The number of ether oxygens (including phenoxy) is 1. The van der Waals surface area contributed by atoms with Gasteiger partial charge in [0.15, 0.2) is 0 Å². The molecule has 2 aromatic heterocycles. The normalized spacial score (nSPS) is 23.2. The van der Waals surface area contributed by atoms with Gasteiger partial charge in [-0.3, -0.25) is 0 Å². The van der Waals surface area contributed by atoms with Gasteiger partial charge in [-0.25, -0.2) is 4.98 Å². The monoisotopic (exact) mass is 397 g/mol. The number of nitrogens with one attached hydrogen (secondary N) is 2. The summed E-state index contributed by atoms with van der Waals surface area (Å²) in [7, 11) is 0. The predicted molar refractivity (Wildman–Crippen MR) is 114 cm³/mol. The first-order chi connectivity index (χ1) is 14.2. The minimum atomic E-state index is 0.227. The molecule has 0 amide bonds. The van der Waals surface area contributed by atoms with E-state index >= 15 is 0 Å². The first kappa shape index (κ1) is 19.8. The molecule has 2 aliphatic heterocycles. The highest BCUT2D eigenvalue weighted by Crippen LogP contribution is 2.25. The van der Waals surface area contributed by atoms with Crippen LogP contribution >= 0.6 is 0 Å². The molecular weight excluding hydrogens is 366 g/mol. The summed E-state index contributed by atoms with van der Waals surface area (Å²) in [6.07, 6.45) is 8.00. The average Bonchev–Trinajstić information content (AvgIpc) is 2.75. The highest BCUT2D eigenvalue weighted by atomic mass is 16.5. The Kier molecular flexibility index (Phi) is 6.39. The van der Waals surface area contributed by atoms with Crippen molar-refractivity contribution in [2.24, 2.45) is 5.92 Å². The summed E-state index contributed by atoms with van der Waals surface area (Å²) in [5.41, 5.74) is 0. The number of hydrogen-bond donors (Lipinski definition) is 2. The van der Waals surface area contributed by atoms with Gasteiger partial charge in [-0.2, -0.15) is 10.1 Å². The molecule has 156 valence electrons. The van der Waals surface area contributed by atoms with Crippen molar-refractivity contribution >= 4 is 17.6 Å². The van der Waals surface area contributed by atoms with Crippen LogP contribution in [0.15, 0.2) is 30.6 Å². The third kappa shape index (κ3) is 5.12. The molecule has 4 heterocycles. The molecule has 4 rings (SSSR count). The molecule has 2 aromatic rings. The molecule has 0 aromatic carbocycles. The second-order valence-corrected chi connectivity index (χ2v) is 8.23. The molecule has 0 radical (unpaired) electrons. The van der Waals surface area contributed by atoms with Gasteiger partial charge < -0.3 is 20.3 Å². The third-order valence-corrected chi connectivity index (χ3v) is 5.70. The Hall–Kier alpha value is -2.48.